The lowest BCUT2D eigenvalue weighted by Gasteiger charge is -2.26. The van der Waals surface area contributed by atoms with Gasteiger partial charge >= 0.3 is 0 Å². The predicted molar refractivity (Wildman–Crippen MR) is 123 cm³/mol. The fourth-order valence-corrected chi connectivity index (χ4v) is 5.08. The molecule has 10 nitrogen and oxygen atoms in total. The number of rotatable bonds is 5. The van der Waals surface area contributed by atoms with E-state index in [2.05, 4.69) is 43.2 Å². The second-order valence-corrected chi connectivity index (χ2v) is 9.76. The zero-order valence-electron chi connectivity index (χ0n) is 18.1. The van der Waals surface area contributed by atoms with E-state index in [-0.39, 0.29) is 35.5 Å². The summed E-state index contributed by atoms with van der Waals surface area (Å²) >= 11 is 3.29. The van der Waals surface area contributed by atoms with Gasteiger partial charge in [0.25, 0.3) is 5.91 Å². The molecule has 2 fully saturated rings. The topological polar surface area (TPSA) is 136 Å². The van der Waals surface area contributed by atoms with Crippen molar-refractivity contribution in [1.29, 1.82) is 0 Å². The van der Waals surface area contributed by atoms with Crippen LogP contribution in [0.25, 0.3) is 10.9 Å². The van der Waals surface area contributed by atoms with E-state index in [4.69, 9.17) is 5.73 Å². The Balaban J connectivity index is 1.41. The minimum atomic E-state index is -0.675. The molecule has 33 heavy (non-hydrogen) atoms. The summed E-state index contributed by atoms with van der Waals surface area (Å²) in [5.74, 6) is -0.781. The number of carbonyl (C=O) groups is 3. The van der Waals surface area contributed by atoms with Crippen molar-refractivity contribution in [3.05, 3.63) is 46.5 Å². The minimum Gasteiger partial charge on any atom is -0.364 e. The molecule has 3 atom stereocenters. The first-order chi connectivity index (χ1) is 15.7. The van der Waals surface area contributed by atoms with E-state index in [1.54, 1.807) is 42.3 Å². The average molecular weight is 512 g/mol. The first-order valence-electron chi connectivity index (χ1n) is 10.5. The van der Waals surface area contributed by atoms with Crippen molar-refractivity contribution < 1.29 is 14.4 Å². The van der Waals surface area contributed by atoms with Crippen molar-refractivity contribution >= 4 is 50.4 Å². The van der Waals surface area contributed by atoms with Crippen LogP contribution in [-0.2, 0) is 16.1 Å². The van der Waals surface area contributed by atoms with Gasteiger partial charge < -0.3 is 16.0 Å². The molecule has 3 aromatic rings. The molecular formula is C22H22BrN7O3. The van der Waals surface area contributed by atoms with E-state index in [1.807, 2.05) is 0 Å². The molecule has 2 aliphatic rings. The van der Waals surface area contributed by atoms with E-state index in [1.165, 1.54) is 4.68 Å². The number of primary amides is 1. The van der Waals surface area contributed by atoms with Crippen LogP contribution in [0.2, 0.25) is 0 Å². The molecule has 4 heterocycles. The van der Waals surface area contributed by atoms with E-state index in [0.717, 1.165) is 6.42 Å². The molecule has 3 aromatic heterocycles. The van der Waals surface area contributed by atoms with Gasteiger partial charge in [0.15, 0.2) is 5.69 Å². The molecular weight excluding hydrogens is 490 g/mol. The van der Waals surface area contributed by atoms with Gasteiger partial charge in [-0.2, -0.15) is 5.10 Å². The summed E-state index contributed by atoms with van der Waals surface area (Å²) in [4.78, 5) is 48.6. The van der Waals surface area contributed by atoms with Gasteiger partial charge in [0.1, 0.15) is 23.0 Å². The van der Waals surface area contributed by atoms with Gasteiger partial charge in [-0.15, -0.1) is 0 Å². The second kappa shape index (κ2) is 7.62. The number of nitrogens with one attached hydrogen (secondary N) is 1. The summed E-state index contributed by atoms with van der Waals surface area (Å²) < 4.78 is 2.04. The Labute approximate surface area is 197 Å². The first-order valence-corrected chi connectivity index (χ1v) is 11.3. The highest BCUT2D eigenvalue weighted by Gasteiger charge is 2.64. The maximum atomic E-state index is 13.4. The smallest absolute Gasteiger partial charge is 0.269 e. The van der Waals surface area contributed by atoms with Crippen LogP contribution in [0.5, 0.6) is 0 Å². The van der Waals surface area contributed by atoms with Crippen LogP contribution in [0.1, 0.15) is 35.9 Å². The SMILES string of the molecule is Cc1cc2c(C(N)=O)nn(CC(=O)N3[C@H](C(=O)Nc4cccc(Br)n4)C[C@@]4(C)C[C@@H]34)c2cn1. The summed E-state index contributed by atoms with van der Waals surface area (Å²) in [7, 11) is 0. The molecule has 0 aromatic carbocycles. The third-order valence-electron chi connectivity index (χ3n) is 6.48. The molecule has 1 aliphatic heterocycles. The largest absolute Gasteiger partial charge is 0.364 e. The zero-order valence-corrected chi connectivity index (χ0v) is 19.7. The monoisotopic (exact) mass is 511 g/mol. The second-order valence-electron chi connectivity index (χ2n) is 8.94. The maximum Gasteiger partial charge on any atom is 0.269 e. The summed E-state index contributed by atoms with van der Waals surface area (Å²) in [6.07, 6.45) is 3.01. The van der Waals surface area contributed by atoms with Crippen LogP contribution < -0.4 is 11.1 Å². The molecule has 170 valence electrons. The number of amides is 3. The Bertz CT molecular complexity index is 1320. The van der Waals surface area contributed by atoms with Crippen LogP contribution in [-0.4, -0.2) is 54.5 Å². The summed E-state index contributed by atoms with van der Waals surface area (Å²) in [5.41, 5.74) is 6.76. The number of aryl methyl sites for hydroxylation is 1. The van der Waals surface area contributed by atoms with Crippen LogP contribution in [0, 0.1) is 12.3 Å². The number of halogens is 1. The number of pyridine rings is 2. The van der Waals surface area contributed by atoms with Gasteiger partial charge in [-0.3, -0.25) is 24.0 Å². The van der Waals surface area contributed by atoms with Gasteiger partial charge in [-0.1, -0.05) is 13.0 Å². The number of fused-ring (bicyclic) bond motifs is 2. The number of nitrogens with two attached hydrogens (primary N) is 1. The molecule has 0 radical (unpaired) electrons. The highest BCUT2D eigenvalue weighted by molar-refractivity contribution is 9.10. The number of nitrogens with zero attached hydrogens (tertiary/aromatic N) is 5. The first kappa shape index (κ1) is 21.5. The zero-order chi connectivity index (χ0) is 23.5. The predicted octanol–water partition coefficient (Wildman–Crippen LogP) is 2.01. The lowest BCUT2D eigenvalue weighted by Crippen LogP contribution is -2.46. The van der Waals surface area contributed by atoms with Gasteiger partial charge in [0, 0.05) is 17.1 Å². The molecule has 1 saturated carbocycles. The van der Waals surface area contributed by atoms with Crippen molar-refractivity contribution in [1.82, 2.24) is 24.6 Å². The van der Waals surface area contributed by atoms with Gasteiger partial charge in [-0.25, -0.2) is 4.98 Å². The molecule has 11 heteroatoms. The Kier molecular flexibility index (Phi) is 4.96. The van der Waals surface area contributed by atoms with Gasteiger partial charge in [0.2, 0.25) is 11.8 Å². The third kappa shape index (κ3) is 3.75. The number of hydrogen-bond donors (Lipinski definition) is 2. The van der Waals surface area contributed by atoms with Crippen molar-refractivity contribution in [2.45, 2.75) is 45.3 Å². The van der Waals surface area contributed by atoms with Crippen LogP contribution in [0.15, 0.2) is 35.1 Å². The van der Waals surface area contributed by atoms with E-state index in [0.29, 0.717) is 33.4 Å². The fourth-order valence-electron chi connectivity index (χ4n) is 4.74. The number of likely N-dealkylation sites (tertiary alicyclic amines) is 1. The van der Waals surface area contributed by atoms with Gasteiger partial charge in [-0.05, 0) is 59.3 Å². The molecule has 1 saturated heterocycles. The summed E-state index contributed by atoms with van der Waals surface area (Å²) in [5, 5.41) is 7.65. The molecule has 0 bridgehead atoms. The highest BCUT2D eigenvalue weighted by Crippen LogP contribution is 2.59. The number of anilines is 1. The lowest BCUT2D eigenvalue weighted by molar-refractivity contribution is -0.138. The Hall–Kier alpha value is -3.34. The van der Waals surface area contributed by atoms with Gasteiger partial charge in [0.05, 0.1) is 11.7 Å². The van der Waals surface area contributed by atoms with E-state index >= 15 is 0 Å². The number of hydrogen-bond acceptors (Lipinski definition) is 6. The maximum absolute atomic E-state index is 13.4. The van der Waals surface area contributed by atoms with Crippen molar-refractivity contribution in [2.75, 3.05) is 5.32 Å². The normalized spacial score (nSPS) is 23.4. The molecule has 3 amide bonds. The van der Waals surface area contributed by atoms with E-state index < -0.39 is 11.9 Å². The lowest BCUT2D eigenvalue weighted by atomic mass is 10.0. The third-order valence-corrected chi connectivity index (χ3v) is 6.93. The van der Waals surface area contributed by atoms with Crippen molar-refractivity contribution in [2.24, 2.45) is 11.1 Å². The van der Waals surface area contributed by atoms with Crippen molar-refractivity contribution in [3.8, 4) is 0 Å². The Morgan fingerprint density at radius 1 is 1.30 bits per heavy atom. The molecule has 0 spiro atoms. The van der Waals surface area contributed by atoms with E-state index in [9.17, 15) is 14.4 Å². The van der Waals surface area contributed by atoms with Crippen LogP contribution in [0.3, 0.4) is 0 Å². The number of piperidine rings is 1. The average Bonchev–Trinajstić information content (AvgIpc) is 3.12. The fraction of sp³-hybridized carbons (Fsp3) is 0.364. The molecule has 3 N–H and O–H groups in total. The van der Waals surface area contributed by atoms with Crippen LogP contribution in [0.4, 0.5) is 5.82 Å². The van der Waals surface area contributed by atoms with Crippen molar-refractivity contribution in [3.63, 3.8) is 0 Å². The number of carbonyl (C=O) groups excluding carboxylic acids is 3. The number of aromatic nitrogens is 4. The minimum absolute atomic E-state index is 0.00553. The Morgan fingerprint density at radius 3 is 2.82 bits per heavy atom. The highest BCUT2D eigenvalue weighted by atomic mass is 79.9. The quantitative estimate of drug-likeness (QED) is 0.502. The molecule has 5 rings (SSSR count). The molecule has 1 aliphatic carbocycles. The van der Waals surface area contributed by atoms with Crippen LogP contribution >= 0.6 is 15.9 Å². The molecule has 0 unspecified atom stereocenters. The standard InChI is InChI=1S/C22H22BrN7O3/c1-11-6-12-14(9-25-11)29(28-19(12)20(24)32)10-18(31)30-13(7-22(2)8-15(22)30)21(33)27-17-5-3-4-16(23)26-17/h3-6,9,13,15H,7-8,10H2,1-2H3,(H2,24,32)(H,26,27,33)/t13-,15+,22-/m0/s1. The summed E-state index contributed by atoms with van der Waals surface area (Å²) in [6.45, 7) is 3.76. The Morgan fingerprint density at radius 2 is 2.09 bits per heavy atom. The summed E-state index contributed by atoms with van der Waals surface area (Å²) in [6, 6.07) is 6.34.